The van der Waals surface area contributed by atoms with Crippen LogP contribution in [0.4, 0.5) is 0 Å². The summed E-state index contributed by atoms with van der Waals surface area (Å²) in [4.78, 5) is 4.73. The minimum atomic E-state index is -0.182. The maximum Gasteiger partial charge on any atom is 0.0869 e. The molecule has 1 aliphatic heterocycles. The van der Waals surface area contributed by atoms with Crippen molar-refractivity contribution < 1.29 is 0 Å². The highest BCUT2D eigenvalue weighted by Crippen LogP contribution is 2.34. The molecule has 0 amide bonds. The van der Waals surface area contributed by atoms with Crippen LogP contribution in [0.2, 0.25) is 5.02 Å². The number of hydrogen-bond donors (Lipinski definition) is 0. The standard InChI is InChI=1S/C16H14ClN/c1-16(14-5-3-2-4-6-14)10-13-9-15(17)8-7-12(13)11-18-16/h2-9,11H,10H2,1H3. The molecule has 3 rings (SSSR count). The Morgan fingerprint density at radius 1 is 1.11 bits per heavy atom. The molecule has 0 spiro atoms. The molecule has 0 saturated heterocycles. The fourth-order valence-electron chi connectivity index (χ4n) is 2.46. The van der Waals surface area contributed by atoms with Crippen LogP contribution in [-0.2, 0) is 12.0 Å². The minimum absolute atomic E-state index is 0.182. The van der Waals surface area contributed by atoms with E-state index in [-0.39, 0.29) is 5.54 Å². The molecule has 18 heavy (non-hydrogen) atoms. The summed E-state index contributed by atoms with van der Waals surface area (Å²) in [7, 11) is 0. The van der Waals surface area contributed by atoms with Gasteiger partial charge in [0.1, 0.15) is 0 Å². The largest absolute Gasteiger partial charge is 0.281 e. The molecule has 0 aromatic heterocycles. The lowest BCUT2D eigenvalue weighted by Crippen LogP contribution is -2.26. The third-order valence-corrected chi connectivity index (χ3v) is 3.76. The predicted octanol–water partition coefficient (Wildman–Crippen LogP) is 4.23. The van der Waals surface area contributed by atoms with Gasteiger partial charge in [-0.25, -0.2) is 0 Å². The molecule has 1 nitrogen and oxygen atoms in total. The predicted molar refractivity (Wildman–Crippen MR) is 76.5 cm³/mol. The van der Waals surface area contributed by atoms with Crippen LogP contribution in [0.1, 0.15) is 23.6 Å². The van der Waals surface area contributed by atoms with Crippen molar-refractivity contribution in [1.29, 1.82) is 0 Å². The van der Waals surface area contributed by atoms with Crippen LogP contribution in [0.25, 0.3) is 0 Å². The highest BCUT2D eigenvalue weighted by molar-refractivity contribution is 6.30. The van der Waals surface area contributed by atoms with Crippen molar-refractivity contribution in [2.45, 2.75) is 18.9 Å². The Labute approximate surface area is 112 Å². The first-order chi connectivity index (χ1) is 8.67. The zero-order chi connectivity index (χ0) is 12.6. The van der Waals surface area contributed by atoms with E-state index in [9.17, 15) is 0 Å². The summed E-state index contributed by atoms with van der Waals surface area (Å²) in [5, 5.41) is 0.791. The smallest absolute Gasteiger partial charge is 0.0869 e. The fourth-order valence-corrected chi connectivity index (χ4v) is 2.65. The second-order valence-corrected chi connectivity index (χ2v) is 5.35. The number of aliphatic imine (C=N–C) groups is 1. The van der Waals surface area contributed by atoms with Crippen LogP contribution in [0.15, 0.2) is 53.5 Å². The summed E-state index contributed by atoms with van der Waals surface area (Å²) in [6.45, 7) is 2.17. The number of halogens is 1. The molecule has 1 atom stereocenters. The Kier molecular flexibility index (Phi) is 2.71. The summed E-state index contributed by atoms with van der Waals surface area (Å²) < 4.78 is 0. The van der Waals surface area contributed by atoms with Crippen molar-refractivity contribution in [2.75, 3.05) is 0 Å². The van der Waals surface area contributed by atoms with Gasteiger partial charge in [-0.1, -0.05) is 48.0 Å². The van der Waals surface area contributed by atoms with E-state index >= 15 is 0 Å². The van der Waals surface area contributed by atoms with Gasteiger partial charge in [0.05, 0.1) is 5.54 Å². The number of nitrogens with zero attached hydrogens (tertiary/aromatic N) is 1. The number of rotatable bonds is 1. The van der Waals surface area contributed by atoms with Crippen molar-refractivity contribution in [3.63, 3.8) is 0 Å². The first-order valence-electron chi connectivity index (χ1n) is 6.07. The van der Waals surface area contributed by atoms with Crippen LogP contribution in [0, 0.1) is 0 Å². The van der Waals surface area contributed by atoms with E-state index in [0.717, 1.165) is 11.4 Å². The van der Waals surface area contributed by atoms with Gasteiger partial charge in [-0.3, -0.25) is 4.99 Å². The lowest BCUT2D eigenvalue weighted by molar-refractivity contribution is 0.491. The van der Waals surface area contributed by atoms with E-state index in [1.165, 1.54) is 16.7 Å². The van der Waals surface area contributed by atoms with Gasteiger partial charge in [0.15, 0.2) is 0 Å². The second kappa shape index (κ2) is 4.25. The number of hydrogen-bond acceptors (Lipinski definition) is 1. The van der Waals surface area contributed by atoms with Crippen LogP contribution in [0.5, 0.6) is 0 Å². The second-order valence-electron chi connectivity index (χ2n) is 4.92. The highest BCUT2D eigenvalue weighted by Gasteiger charge is 2.29. The maximum absolute atomic E-state index is 6.07. The molecule has 90 valence electrons. The van der Waals surface area contributed by atoms with E-state index in [1.807, 2.05) is 30.5 Å². The molecule has 2 heteroatoms. The minimum Gasteiger partial charge on any atom is -0.281 e. The van der Waals surface area contributed by atoms with Crippen LogP contribution < -0.4 is 0 Å². The average Bonchev–Trinajstić information content (AvgIpc) is 2.39. The molecule has 0 aliphatic carbocycles. The Bertz CT molecular complexity index is 604. The topological polar surface area (TPSA) is 12.4 Å². The normalized spacial score (nSPS) is 21.7. The van der Waals surface area contributed by atoms with Crippen LogP contribution in [-0.4, -0.2) is 6.21 Å². The summed E-state index contributed by atoms with van der Waals surface area (Å²) in [6, 6.07) is 16.4. The van der Waals surface area contributed by atoms with Crippen LogP contribution >= 0.6 is 11.6 Å². The molecule has 2 aromatic carbocycles. The third kappa shape index (κ3) is 1.95. The van der Waals surface area contributed by atoms with E-state index < -0.39 is 0 Å². The fraction of sp³-hybridized carbons (Fsp3) is 0.188. The van der Waals surface area contributed by atoms with E-state index in [0.29, 0.717) is 0 Å². The van der Waals surface area contributed by atoms with Gasteiger partial charge in [0.2, 0.25) is 0 Å². The molecule has 1 heterocycles. The summed E-state index contributed by atoms with van der Waals surface area (Å²) in [5.41, 5.74) is 3.50. The van der Waals surface area contributed by atoms with Gasteiger partial charge in [0.25, 0.3) is 0 Å². The summed E-state index contributed by atoms with van der Waals surface area (Å²) >= 11 is 6.07. The molecule has 2 aromatic rings. The monoisotopic (exact) mass is 255 g/mol. The average molecular weight is 256 g/mol. The third-order valence-electron chi connectivity index (χ3n) is 3.52. The van der Waals surface area contributed by atoms with E-state index in [2.05, 4.69) is 31.2 Å². The van der Waals surface area contributed by atoms with Gasteiger partial charge >= 0.3 is 0 Å². The van der Waals surface area contributed by atoms with Crippen LogP contribution in [0.3, 0.4) is 0 Å². The van der Waals surface area contributed by atoms with Gasteiger partial charge < -0.3 is 0 Å². The Hall–Kier alpha value is -1.60. The Balaban J connectivity index is 2.04. The molecule has 1 unspecified atom stereocenters. The van der Waals surface area contributed by atoms with Crippen molar-refractivity contribution in [3.05, 3.63) is 70.2 Å². The molecular formula is C16H14ClN. The molecule has 0 radical (unpaired) electrons. The van der Waals surface area contributed by atoms with E-state index in [1.54, 1.807) is 0 Å². The van der Waals surface area contributed by atoms with Crippen molar-refractivity contribution in [3.8, 4) is 0 Å². The van der Waals surface area contributed by atoms with Gasteiger partial charge in [-0.15, -0.1) is 0 Å². The van der Waals surface area contributed by atoms with Crippen molar-refractivity contribution in [2.24, 2.45) is 4.99 Å². The van der Waals surface area contributed by atoms with Crippen molar-refractivity contribution >= 4 is 17.8 Å². The highest BCUT2D eigenvalue weighted by atomic mass is 35.5. The molecule has 0 fully saturated rings. The molecule has 0 saturated carbocycles. The van der Waals surface area contributed by atoms with Gasteiger partial charge in [-0.2, -0.15) is 0 Å². The van der Waals surface area contributed by atoms with Gasteiger partial charge in [-0.05, 0) is 35.7 Å². The van der Waals surface area contributed by atoms with Gasteiger partial charge in [0, 0.05) is 17.7 Å². The quantitative estimate of drug-likeness (QED) is 0.723. The SMILES string of the molecule is CC1(c2ccccc2)Cc2cc(Cl)ccc2C=N1. The lowest BCUT2D eigenvalue weighted by atomic mass is 9.83. The first-order valence-corrected chi connectivity index (χ1v) is 6.44. The number of fused-ring (bicyclic) bond motifs is 1. The first kappa shape index (κ1) is 11.5. The van der Waals surface area contributed by atoms with E-state index in [4.69, 9.17) is 16.6 Å². The lowest BCUT2D eigenvalue weighted by Gasteiger charge is -2.30. The summed E-state index contributed by atoms with van der Waals surface area (Å²) in [5.74, 6) is 0. The summed E-state index contributed by atoms with van der Waals surface area (Å²) in [6.07, 6.45) is 2.85. The molecule has 0 bridgehead atoms. The number of benzene rings is 2. The van der Waals surface area contributed by atoms with Crippen molar-refractivity contribution in [1.82, 2.24) is 0 Å². The molecule has 0 N–H and O–H groups in total. The molecular weight excluding hydrogens is 242 g/mol. The Morgan fingerprint density at radius 3 is 2.67 bits per heavy atom. The maximum atomic E-state index is 6.07. The molecule has 1 aliphatic rings. The zero-order valence-electron chi connectivity index (χ0n) is 10.2. The Morgan fingerprint density at radius 2 is 1.89 bits per heavy atom. The zero-order valence-corrected chi connectivity index (χ0v) is 11.0.